The molecule has 0 saturated heterocycles. The van der Waals surface area contributed by atoms with Crippen molar-refractivity contribution in [2.75, 3.05) is 19.5 Å². The number of hydrogen-bond donors (Lipinski definition) is 0. The number of carbonyl (C=O) groups excluding carboxylic acids is 1. The van der Waals surface area contributed by atoms with Gasteiger partial charge in [0.05, 0.1) is 24.1 Å². The van der Waals surface area contributed by atoms with Gasteiger partial charge in [-0.1, -0.05) is 23.4 Å². The molecule has 28 heavy (non-hydrogen) atoms. The van der Waals surface area contributed by atoms with Gasteiger partial charge in [-0.2, -0.15) is 4.68 Å². The SMILES string of the molecule is COC[C@@H](C)n1c(C)cc(C(=O)CSc2nnnn2-c2ccc(Cl)cc2)c1C. The van der Waals surface area contributed by atoms with Gasteiger partial charge in [0.25, 0.3) is 0 Å². The van der Waals surface area contributed by atoms with Crippen molar-refractivity contribution < 1.29 is 9.53 Å². The molecule has 0 spiro atoms. The highest BCUT2D eigenvalue weighted by Gasteiger charge is 2.20. The number of aromatic nitrogens is 5. The summed E-state index contributed by atoms with van der Waals surface area (Å²) in [4.78, 5) is 12.8. The minimum atomic E-state index is 0.0413. The second-order valence-corrected chi connectivity index (χ2v) is 7.90. The molecule has 0 aliphatic rings. The van der Waals surface area contributed by atoms with Crippen LogP contribution in [0.15, 0.2) is 35.5 Å². The van der Waals surface area contributed by atoms with Crippen molar-refractivity contribution in [3.05, 3.63) is 52.3 Å². The Hall–Kier alpha value is -2.16. The average Bonchev–Trinajstić information content (AvgIpc) is 3.24. The molecule has 9 heteroatoms. The van der Waals surface area contributed by atoms with Crippen molar-refractivity contribution in [3.63, 3.8) is 0 Å². The van der Waals surface area contributed by atoms with Crippen molar-refractivity contribution in [2.24, 2.45) is 0 Å². The number of benzene rings is 1. The zero-order valence-corrected chi connectivity index (χ0v) is 17.8. The van der Waals surface area contributed by atoms with Gasteiger partial charge >= 0.3 is 0 Å². The summed E-state index contributed by atoms with van der Waals surface area (Å²) in [5.74, 6) is 0.288. The van der Waals surface area contributed by atoms with Crippen LogP contribution in [0.3, 0.4) is 0 Å². The number of ether oxygens (including phenoxy) is 1. The summed E-state index contributed by atoms with van der Waals surface area (Å²) >= 11 is 7.24. The van der Waals surface area contributed by atoms with E-state index in [0.717, 1.165) is 22.6 Å². The topological polar surface area (TPSA) is 74.8 Å². The number of tetrazole rings is 1. The third-order valence-electron chi connectivity index (χ3n) is 4.48. The number of methoxy groups -OCH3 is 1. The lowest BCUT2D eigenvalue weighted by Gasteiger charge is -2.17. The molecule has 148 valence electrons. The van der Waals surface area contributed by atoms with Crippen LogP contribution in [0.2, 0.25) is 5.02 Å². The fourth-order valence-corrected chi connectivity index (χ4v) is 4.17. The van der Waals surface area contributed by atoms with Crippen LogP contribution < -0.4 is 0 Å². The lowest BCUT2D eigenvalue weighted by atomic mass is 10.2. The Morgan fingerprint density at radius 2 is 2.00 bits per heavy atom. The van der Waals surface area contributed by atoms with Crippen LogP contribution in [-0.4, -0.2) is 50.0 Å². The van der Waals surface area contributed by atoms with E-state index in [2.05, 4.69) is 27.0 Å². The smallest absolute Gasteiger partial charge is 0.214 e. The first-order chi connectivity index (χ1) is 13.4. The number of carbonyl (C=O) groups is 1. The third-order valence-corrected chi connectivity index (χ3v) is 5.65. The predicted molar refractivity (Wildman–Crippen MR) is 110 cm³/mol. The minimum absolute atomic E-state index is 0.0413. The minimum Gasteiger partial charge on any atom is -0.383 e. The van der Waals surface area contributed by atoms with Crippen molar-refractivity contribution in [1.29, 1.82) is 0 Å². The number of aryl methyl sites for hydroxylation is 1. The van der Waals surface area contributed by atoms with E-state index in [9.17, 15) is 4.79 Å². The van der Waals surface area contributed by atoms with E-state index in [1.54, 1.807) is 23.9 Å². The standard InChI is InChI=1S/C19H22ClN5O2S/c1-12-9-17(14(3)24(12)13(2)10-27-4)18(26)11-28-19-21-22-23-25(19)16-7-5-15(20)6-8-16/h5-9,13H,10-11H2,1-4H3/t13-/m1/s1. The Balaban J connectivity index is 1.75. The number of hydrogen-bond acceptors (Lipinski definition) is 6. The van der Waals surface area contributed by atoms with Crippen LogP contribution in [0.5, 0.6) is 0 Å². The van der Waals surface area contributed by atoms with Crippen molar-refractivity contribution in [2.45, 2.75) is 32.0 Å². The summed E-state index contributed by atoms with van der Waals surface area (Å²) in [5.41, 5.74) is 3.50. The van der Waals surface area contributed by atoms with Gasteiger partial charge in [0.15, 0.2) is 5.78 Å². The monoisotopic (exact) mass is 419 g/mol. The van der Waals surface area contributed by atoms with Crippen molar-refractivity contribution in [3.8, 4) is 5.69 Å². The Bertz CT molecular complexity index is 967. The van der Waals surface area contributed by atoms with Crippen LogP contribution in [0.25, 0.3) is 5.69 Å². The van der Waals surface area contributed by atoms with E-state index < -0.39 is 0 Å². The molecule has 7 nitrogen and oxygen atoms in total. The molecule has 1 atom stereocenters. The average molecular weight is 420 g/mol. The molecule has 3 rings (SSSR count). The highest BCUT2D eigenvalue weighted by molar-refractivity contribution is 7.99. The van der Waals surface area contributed by atoms with E-state index in [1.807, 2.05) is 32.0 Å². The second kappa shape index (κ2) is 8.89. The summed E-state index contributed by atoms with van der Waals surface area (Å²) in [6.45, 7) is 6.64. The molecule has 2 aromatic heterocycles. The van der Waals surface area contributed by atoms with Crippen LogP contribution in [0, 0.1) is 13.8 Å². The third kappa shape index (κ3) is 4.29. The number of thioether (sulfide) groups is 1. The zero-order valence-electron chi connectivity index (χ0n) is 16.2. The van der Waals surface area contributed by atoms with Crippen molar-refractivity contribution in [1.82, 2.24) is 24.8 Å². The van der Waals surface area contributed by atoms with Gasteiger partial charge < -0.3 is 9.30 Å². The highest BCUT2D eigenvalue weighted by atomic mass is 35.5. The summed E-state index contributed by atoms with van der Waals surface area (Å²) in [6.07, 6.45) is 0. The van der Waals surface area contributed by atoms with Crippen LogP contribution in [0.1, 0.15) is 34.7 Å². The molecule has 1 aromatic carbocycles. The molecule has 0 N–H and O–H groups in total. The van der Waals surface area contributed by atoms with Crippen molar-refractivity contribution >= 4 is 29.1 Å². The number of rotatable bonds is 8. The lowest BCUT2D eigenvalue weighted by Crippen LogP contribution is -2.14. The Morgan fingerprint density at radius 1 is 1.29 bits per heavy atom. The molecule has 0 radical (unpaired) electrons. The Labute approximate surface area is 173 Å². The number of nitrogens with zero attached hydrogens (tertiary/aromatic N) is 5. The Kier molecular flexibility index (Phi) is 6.53. The summed E-state index contributed by atoms with van der Waals surface area (Å²) in [5, 5.41) is 13.0. The Morgan fingerprint density at radius 3 is 2.68 bits per heavy atom. The molecule has 0 saturated carbocycles. The van der Waals surface area contributed by atoms with Gasteiger partial charge in [-0.25, -0.2) is 0 Å². The number of Topliss-reactive ketones (excluding diaryl/α,β-unsaturated/α-hetero) is 1. The second-order valence-electron chi connectivity index (χ2n) is 6.52. The van der Waals surface area contributed by atoms with E-state index >= 15 is 0 Å². The van der Waals surface area contributed by atoms with Gasteiger partial charge in [0, 0.05) is 29.1 Å². The van der Waals surface area contributed by atoms with E-state index in [-0.39, 0.29) is 17.6 Å². The quantitative estimate of drug-likeness (QED) is 0.407. The number of halogens is 1. The summed E-state index contributed by atoms with van der Waals surface area (Å²) < 4.78 is 8.99. The summed E-state index contributed by atoms with van der Waals surface area (Å²) in [7, 11) is 1.68. The first kappa shape index (κ1) is 20.6. The van der Waals surface area contributed by atoms with E-state index in [0.29, 0.717) is 16.8 Å². The normalized spacial score (nSPS) is 12.3. The summed E-state index contributed by atoms with van der Waals surface area (Å²) in [6, 6.07) is 9.30. The molecule has 0 amide bonds. The fourth-order valence-electron chi connectivity index (χ4n) is 3.27. The maximum absolute atomic E-state index is 12.8. The van der Waals surface area contributed by atoms with Gasteiger partial charge in [0.1, 0.15) is 0 Å². The molecule has 0 unspecified atom stereocenters. The van der Waals surface area contributed by atoms with Crippen LogP contribution in [-0.2, 0) is 4.74 Å². The predicted octanol–water partition coefficient (Wildman–Crippen LogP) is 3.92. The van der Waals surface area contributed by atoms with E-state index in [1.165, 1.54) is 11.8 Å². The number of ketones is 1. The molecular weight excluding hydrogens is 398 g/mol. The molecule has 0 aliphatic heterocycles. The molecule has 0 aliphatic carbocycles. The molecule has 0 bridgehead atoms. The maximum atomic E-state index is 12.8. The van der Waals surface area contributed by atoms with Crippen LogP contribution >= 0.6 is 23.4 Å². The molecular formula is C19H22ClN5O2S. The fraction of sp³-hybridized carbons (Fsp3) is 0.368. The van der Waals surface area contributed by atoms with Gasteiger partial charge in [-0.3, -0.25) is 4.79 Å². The first-order valence-corrected chi connectivity index (χ1v) is 10.2. The highest BCUT2D eigenvalue weighted by Crippen LogP contribution is 2.24. The molecule has 0 fully saturated rings. The van der Waals surface area contributed by atoms with E-state index in [4.69, 9.17) is 16.3 Å². The molecule has 3 aromatic rings. The largest absolute Gasteiger partial charge is 0.383 e. The molecule has 2 heterocycles. The van der Waals surface area contributed by atoms with Gasteiger partial charge in [-0.15, -0.1) is 5.10 Å². The van der Waals surface area contributed by atoms with Gasteiger partial charge in [-0.05, 0) is 61.5 Å². The van der Waals surface area contributed by atoms with Gasteiger partial charge in [0.2, 0.25) is 5.16 Å². The zero-order chi connectivity index (χ0) is 20.3. The maximum Gasteiger partial charge on any atom is 0.214 e. The van der Waals surface area contributed by atoms with Crippen LogP contribution in [0.4, 0.5) is 0 Å². The lowest BCUT2D eigenvalue weighted by molar-refractivity contribution is 0.102. The first-order valence-electron chi connectivity index (χ1n) is 8.80.